The predicted octanol–water partition coefficient (Wildman–Crippen LogP) is 1.95. The third-order valence-corrected chi connectivity index (χ3v) is 3.58. The standard InChI is InChI=1S/C13H18ClN3O/c1-8-5-12(15)11(14)6-13(8)17-4-3-10(7-17)16-9(2)18/h5-6,10H,3-4,7,15H2,1-2H3,(H,16,18). The van der Waals surface area contributed by atoms with Crippen molar-refractivity contribution in [3.8, 4) is 0 Å². The van der Waals surface area contributed by atoms with Crippen LogP contribution in [0.5, 0.6) is 0 Å². The molecule has 0 saturated carbocycles. The first kappa shape index (κ1) is 13.0. The van der Waals surface area contributed by atoms with Crippen LogP contribution in [0.3, 0.4) is 0 Å². The molecule has 2 rings (SSSR count). The highest BCUT2D eigenvalue weighted by molar-refractivity contribution is 6.33. The first-order valence-electron chi connectivity index (χ1n) is 6.05. The van der Waals surface area contributed by atoms with Crippen molar-refractivity contribution in [2.24, 2.45) is 0 Å². The predicted molar refractivity (Wildman–Crippen MR) is 75.0 cm³/mol. The molecule has 0 bridgehead atoms. The molecule has 5 heteroatoms. The van der Waals surface area contributed by atoms with Gasteiger partial charge in [-0.2, -0.15) is 0 Å². The number of benzene rings is 1. The summed E-state index contributed by atoms with van der Waals surface area (Å²) in [6.45, 7) is 5.31. The molecule has 4 nitrogen and oxygen atoms in total. The van der Waals surface area contributed by atoms with Gasteiger partial charge in [0.1, 0.15) is 0 Å². The largest absolute Gasteiger partial charge is 0.398 e. The number of amides is 1. The van der Waals surface area contributed by atoms with Gasteiger partial charge in [-0.15, -0.1) is 0 Å². The zero-order valence-electron chi connectivity index (χ0n) is 10.7. The lowest BCUT2D eigenvalue weighted by Gasteiger charge is -2.22. The van der Waals surface area contributed by atoms with Crippen LogP contribution in [-0.2, 0) is 4.79 Å². The monoisotopic (exact) mass is 267 g/mol. The Balaban J connectivity index is 2.14. The normalized spacial score (nSPS) is 19.1. The second-order valence-electron chi connectivity index (χ2n) is 4.79. The molecule has 1 amide bonds. The Labute approximate surface area is 112 Å². The summed E-state index contributed by atoms with van der Waals surface area (Å²) in [4.78, 5) is 13.3. The second kappa shape index (κ2) is 5.06. The van der Waals surface area contributed by atoms with Crippen molar-refractivity contribution in [3.63, 3.8) is 0 Å². The van der Waals surface area contributed by atoms with Crippen molar-refractivity contribution < 1.29 is 4.79 Å². The van der Waals surface area contributed by atoms with E-state index in [9.17, 15) is 4.79 Å². The van der Waals surface area contributed by atoms with E-state index in [1.165, 1.54) is 0 Å². The van der Waals surface area contributed by atoms with Gasteiger partial charge < -0.3 is 16.0 Å². The number of aryl methyl sites for hydroxylation is 1. The van der Waals surface area contributed by atoms with E-state index in [-0.39, 0.29) is 11.9 Å². The van der Waals surface area contributed by atoms with Crippen molar-refractivity contribution in [1.29, 1.82) is 0 Å². The number of halogens is 1. The van der Waals surface area contributed by atoms with Crippen LogP contribution in [0.2, 0.25) is 5.02 Å². The summed E-state index contributed by atoms with van der Waals surface area (Å²) >= 11 is 6.06. The highest BCUT2D eigenvalue weighted by atomic mass is 35.5. The van der Waals surface area contributed by atoms with Crippen LogP contribution in [-0.4, -0.2) is 25.0 Å². The topological polar surface area (TPSA) is 58.4 Å². The van der Waals surface area contributed by atoms with Gasteiger partial charge in [0.05, 0.1) is 10.7 Å². The van der Waals surface area contributed by atoms with Crippen LogP contribution in [0.1, 0.15) is 18.9 Å². The fourth-order valence-corrected chi connectivity index (χ4v) is 2.58. The number of hydrogen-bond acceptors (Lipinski definition) is 3. The van der Waals surface area contributed by atoms with E-state index in [0.717, 1.165) is 30.8 Å². The van der Waals surface area contributed by atoms with E-state index in [1.807, 2.05) is 19.1 Å². The maximum Gasteiger partial charge on any atom is 0.217 e. The molecular weight excluding hydrogens is 250 g/mol. The summed E-state index contributed by atoms with van der Waals surface area (Å²) < 4.78 is 0. The molecule has 0 spiro atoms. The van der Waals surface area contributed by atoms with Gasteiger partial charge in [0, 0.05) is 31.7 Å². The van der Waals surface area contributed by atoms with Crippen molar-refractivity contribution in [2.75, 3.05) is 23.7 Å². The van der Waals surface area contributed by atoms with Gasteiger partial charge >= 0.3 is 0 Å². The van der Waals surface area contributed by atoms with Crippen molar-refractivity contribution in [3.05, 3.63) is 22.7 Å². The van der Waals surface area contributed by atoms with Gasteiger partial charge in [0.25, 0.3) is 0 Å². The number of nitrogens with zero attached hydrogens (tertiary/aromatic N) is 1. The molecule has 98 valence electrons. The summed E-state index contributed by atoms with van der Waals surface area (Å²) in [7, 11) is 0. The fraction of sp³-hybridized carbons (Fsp3) is 0.462. The summed E-state index contributed by atoms with van der Waals surface area (Å²) in [6, 6.07) is 4.02. The van der Waals surface area contributed by atoms with Crippen LogP contribution in [0.4, 0.5) is 11.4 Å². The Morgan fingerprint density at radius 2 is 2.28 bits per heavy atom. The van der Waals surface area contributed by atoms with Gasteiger partial charge in [0.2, 0.25) is 5.91 Å². The molecule has 1 saturated heterocycles. The van der Waals surface area contributed by atoms with Crippen LogP contribution >= 0.6 is 11.6 Å². The van der Waals surface area contributed by atoms with Gasteiger partial charge in [0.15, 0.2) is 0 Å². The zero-order valence-corrected chi connectivity index (χ0v) is 11.4. The average molecular weight is 268 g/mol. The maximum absolute atomic E-state index is 11.0. The minimum Gasteiger partial charge on any atom is -0.398 e. The highest BCUT2D eigenvalue weighted by Gasteiger charge is 2.24. The Bertz CT molecular complexity index is 476. The van der Waals surface area contributed by atoms with E-state index in [4.69, 9.17) is 17.3 Å². The van der Waals surface area contributed by atoms with E-state index < -0.39 is 0 Å². The van der Waals surface area contributed by atoms with Crippen molar-refractivity contribution >= 4 is 28.9 Å². The Morgan fingerprint density at radius 1 is 1.56 bits per heavy atom. The highest BCUT2D eigenvalue weighted by Crippen LogP contribution is 2.31. The van der Waals surface area contributed by atoms with E-state index in [2.05, 4.69) is 10.2 Å². The maximum atomic E-state index is 11.0. The second-order valence-corrected chi connectivity index (χ2v) is 5.20. The van der Waals surface area contributed by atoms with Crippen LogP contribution < -0.4 is 16.0 Å². The van der Waals surface area contributed by atoms with Gasteiger partial charge in [-0.1, -0.05) is 11.6 Å². The number of nitrogen functional groups attached to an aromatic ring is 1. The summed E-state index contributed by atoms with van der Waals surface area (Å²) in [6.07, 6.45) is 0.959. The SMILES string of the molecule is CC(=O)NC1CCN(c2cc(Cl)c(N)cc2C)C1. The number of carbonyl (C=O) groups is 1. The molecule has 3 N–H and O–H groups in total. The molecule has 1 fully saturated rings. The lowest BCUT2D eigenvalue weighted by atomic mass is 10.1. The molecule has 0 radical (unpaired) electrons. The molecule has 1 aromatic carbocycles. The lowest BCUT2D eigenvalue weighted by molar-refractivity contribution is -0.119. The molecule has 0 aromatic heterocycles. The fourth-order valence-electron chi connectivity index (χ4n) is 2.42. The number of rotatable bonds is 2. The lowest BCUT2D eigenvalue weighted by Crippen LogP contribution is -2.35. The molecule has 1 aromatic rings. The molecular formula is C13H18ClN3O. The minimum absolute atomic E-state index is 0.0221. The molecule has 1 atom stereocenters. The van der Waals surface area contributed by atoms with Crippen LogP contribution in [0, 0.1) is 6.92 Å². The summed E-state index contributed by atoms with van der Waals surface area (Å²) in [5.41, 5.74) is 8.59. The minimum atomic E-state index is 0.0221. The van der Waals surface area contributed by atoms with Crippen molar-refractivity contribution in [1.82, 2.24) is 5.32 Å². The number of nitrogens with two attached hydrogens (primary N) is 1. The van der Waals surface area contributed by atoms with Crippen LogP contribution in [0.15, 0.2) is 12.1 Å². The molecule has 0 aliphatic carbocycles. The first-order chi connectivity index (χ1) is 8.47. The van der Waals surface area contributed by atoms with E-state index >= 15 is 0 Å². The van der Waals surface area contributed by atoms with Gasteiger partial charge in [-0.25, -0.2) is 0 Å². The summed E-state index contributed by atoms with van der Waals surface area (Å²) in [5, 5.41) is 3.53. The molecule has 1 aliphatic rings. The number of nitrogens with one attached hydrogen (secondary N) is 1. The average Bonchev–Trinajstić information content (AvgIpc) is 2.70. The molecule has 1 aliphatic heterocycles. The Kier molecular flexibility index (Phi) is 3.66. The zero-order chi connectivity index (χ0) is 13.3. The van der Waals surface area contributed by atoms with Gasteiger partial charge in [-0.3, -0.25) is 4.79 Å². The summed E-state index contributed by atoms with van der Waals surface area (Å²) in [5.74, 6) is 0.0221. The molecule has 18 heavy (non-hydrogen) atoms. The van der Waals surface area contributed by atoms with Crippen molar-refractivity contribution in [2.45, 2.75) is 26.3 Å². The van der Waals surface area contributed by atoms with Gasteiger partial charge in [-0.05, 0) is 31.0 Å². The number of carbonyl (C=O) groups excluding carboxylic acids is 1. The molecule has 1 unspecified atom stereocenters. The first-order valence-corrected chi connectivity index (χ1v) is 6.43. The quantitative estimate of drug-likeness (QED) is 0.805. The third kappa shape index (κ3) is 2.70. The number of anilines is 2. The smallest absolute Gasteiger partial charge is 0.217 e. The van der Waals surface area contributed by atoms with E-state index in [0.29, 0.717) is 10.7 Å². The third-order valence-electron chi connectivity index (χ3n) is 3.25. The van der Waals surface area contributed by atoms with Crippen LogP contribution in [0.25, 0.3) is 0 Å². The Hall–Kier alpha value is -1.42. The molecule has 1 heterocycles. The number of hydrogen-bond donors (Lipinski definition) is 2. The van der Waals surface area contributed by atoms with E-state index in [1.54, 1.807) is 6.92 Å². The Morgan fingerprint density at radius 3 is 2.94 bits per heavy atom.